The molecule has 0 fully saturated rings. The standard InChI is InChI=1S/C15H11NO3S/c1-9(17)19-12-7-4-6-11(18)14(12)15-16-10-5-2-3-8-13(10)20-15/h2-8,18H,1H3. The largest absolute Gasteiger partial charge is 0.507 e. The Bertz CT molecular complexity index is 762. The second kappa shape index (κ2) is 4.94. The molecule has 3 rings (SSSR count). The van der Waals surface area contributed by atoms with Crippen LogP contribution < -0.4 is 4.74 Å². The van der Waals surface area contributed by atoms with Crippen molar-refractivity contribution in [2.45, 2.75) is 6.92 Å². The van der Waals surface area contributed by atoms with E-state index in [0.717, 1.165) is 10.2 Å². The molecule has 2 aromatic carbocycles. The molecule has 0 saturated heterocycles. The number of fused-ring (bicyclic) bond motifs is 1. The van der Waals surface area contributed by atoms with Gasteiger partial charge in [0.15, 0.2) is 0 Å². The maximum atomic E-state index is 11.2. The summed E-state index contributed by atoms with van der Waals surface area (Å²) >= 11 is 1.44. The molecule has 1 heterocycles. The Morgan fingerprint density at radius 2 is 2.00 bits per heavy atom. The number of hydrogen-bond donors (Lipinski definition) is 1. The van der Waals surface area contributed by atoms with Gasteiger partial charge >= 0.3 is 5.97 Å². The number of thiazole rings is 1. The number of benzene rings is 2. The van der Waals surface area contributed by atoms with Crippen molar-refractivity contribution in [3.05, 3.63) is 42.5 Å². The smallest absolute Gasteiger partial charge is 0.308 e. The van der Waals surface area contributed by atoms with Gasteiger partial charge in [-0.15, -0.1) is 11.3 Å². The fourth-order valence-corrected chi connectivity index (χ4v) is 2.98. The van der Waals surface area contributed by atoms with Crippen molar-refractivity contribution in [2.24, 2.45) is 0 Å². The van der Waals surface area contributed by atoms with Crippen LogP contribution in [0.2, 0.25) is 0 Å². The monoisotopic (exact) mass is 285 g/mol. The molecule has 0 amide bonds. The van der Waals surface area contributed by atoms with Crippen molar-refractivity contribution in [2.75, 3.05) is 0 Å². The molecule has 0 radical (unpaired) electrons. The molecule has 3 aromatic rings. The van der Waals surface area contributed by atoms with Crippen molar-refractivity contribution in [3.63, 3.8) is 0 Å². The maximum absolute atomic E-state index is 11.2. The molecule has 4 nitrogen and oxygen atoms in total. The van der Waals surface area contributed by atoms with Gasteiger partial charge < -0.3 is 9.84 Å². The maximum Gasteiger partial charge on any atom is 0.308 e. The summed E-state index contributed by atoms with van der Waals surface area (Å²) in [7, 11) is 0. The Hall–Kier alpha value is -2.40. The van der Waals surface area contributed by atoms with Gasteiger partial charge in [0.25, 0.3) is 0 Å². The molecule has 1 aromatic heterocycles. The first kappa shape index (κ1) is 12.6. The van der Waals surface area contributed by atoms with Crippen LogP contribution in [0.25, 0.3) is 20.8 Å². The lowest BCUT2D eigenvalue weighted by Crippen LogP contribution is -2.02. The number of esters is 1. The topological polar surface area (TPSA) is 59.4 Å². The van der Waals surface area contributed by atoms with E-state index >= 15 is 0 Å². The number of carbonyl (C=O) groups is 1. The summed E-state index contributed by atoms with van der Waals surface area (Å²) in [6, 6.07) is 12.5. The van der Waals surface area contributed by atoms with Gasteiger partial charge in [-0.05, 0) is 24.3 Å². The number of para-hydroxylation sites is 1. The van der Waals surface area contributed by atoms with Crippen molar-refractivity contribution in [3.8, 4) is 22.1 Å². The molecule has 0 unspecified atom stereocenters. The van der Waals surface area contributed by atoms with Crippen molar-refractivity contribution >= 4 is 27.5 Å². The van der Waals surface area contributed by atoms with Crippen LogP contribution in [0.5, 0.6) is 11.5 Å². The Morgan fingerprint density at radius 3 is 2.75 bits per heavy atom. The number of ether oxygens (including phenoxy) is 1. The Morgan fingerprint density at radius 1 is 1.20 bits per heavy atom. The summed E-state index contributed by atoms with van der Waals surface area (Å²) in [5.74, 6) is -0.0719. The third-order valence-corrected chi connectivity index (χ3v) is 3.82. The number of phenols is 1. The van der Waals surface area contributed by atoms with E-state index in [1.807, 2.05) is 24.3 Å². The number of rotatable bonds is 2. The van der Waals surface area contributed by atoms with Gasteiger partial charge in [0.2, 0.25) is 0 Å². The van der Waals surface area contributed by atoms with E-state index in [9.17, 15) is 9.90 Å². The highest BCUT2D eigenvalue weighted by atomic mass is 32.1. The summed E-state index contributed by atoms with van der Waals surface area (Å²) in [5, 5.41) is 10.7. The highest BCUT2D eigenvalue weighted by Gasteiger charge is 2.17. The predicted molar refractivity (Wildman–Crippen MR) is 78.0 cm³/mol. The van der Waals surface area contributed by atoms with Gasteiger partial charge in [0, 0.05) is 6.92 Å². The van der Waals surface area contributed by atoms with Crippen LogP contribution >= 0.6 is 11.3 Å². The molecule has 0 saturated carbocycles. The molecule has 0 bridgehead atoms. The average Bonchev–Trinajstić information content (AvgIpc) is 2.81. The predicted octanol–water partition coefficient (Wildman–Crippen LogP) is 3.59. The molecule has 20 heavy (non-hydrogen) atoms. The molecular weight excluding hydrogens is 274 g/mol. The summed E-state index contributed by atoms with van der Waals surface area (Å²) < 4.78 is 6.16. The van der Waals surface area contributed by atoms with E-state index in [2.05, 4.69) is 4.98 Å². The van der Waals surface area contributed by atoms with Gasteiger partial charge in [0.05, 0.1) is 15.8 Å². The van der Waals surface area contributed by atoms with Crippen LogP contribution in [0.15, 0.2) is 42.5 Å². The molecule has 0 aliphatic heterocycles. The normalized spacial score (nSPS) is 10.7. The number of hydrogen-bond acceptors (Lipinski definition) is 5. The lowest BCUT2D eigenvalue weighted by Gasteiger charge is -2.08. The van der Waals surface area contributed by atoms with Crippen LogP contribution in [-0.2, 0) is 4.79 Å². The number of aromatic nitrogens is 1. The van der Waals surface area contributed by atoms with E-state index < -0.39 is 5.97 Å². The van der Waals surface area contributed by atoms with E-state index in [1.165, 1.54) is 18.3 Å². The summed E-state index contributed by atoms with van der Waals surface area (Å²) in [6.07, 6.45) is 0. The zero-order valence-electron chi connectivity index (χ0n) is 10.7. The van der Waals surface area contributed by atoms with E-state index in [1.54, 1.807) is 18.2 Å². The first-order chi connectivity index (χ1) is 9.65. The molecule has 0 spiro atoms. The van der Waals surface area contributed by atoms with Crippen molar-refractivity contribution in [1.29, 1.82) is 0 Å². The highest BCUT2D eigenvalue weighted by Crippen LogP contribution is 2.41. The molecule has 0 aliphatic carbocycles. The first-order valence-electron chi connectivity index (χ1n) is 6.01. The Balaban J connectivity index is 2.19. The zero-order valence-corrected chi connectivity index (χ0v) is 11.5. The number of phenolic OH excluding ortho intramolecular Hbond substituents is 1. The minimum Gasteiger partial charge on any atom is -0.507 e. The SMILES string of the molecule is CC(=O)Oc1cccc(O)c1-c1nc2ccccc2s1. The summed E-state index contributed by atoms with van der Waals surface area (Å²) in [6.45, 7) is 1.33. The summed E-state index contributed by atoms with van der Waals surface area (Å²) in [4.78, 5) is 15.6. The molecule has 1 N–H and O–H groups in total. The second-order valence-corrected chi connectivity index (χ2v) is 5.26. The lowest BCUT2D eigenvalue weighted by atomic mass is 10.2. The highest BCUT2D eigenvalue weighted by molar-refractivity contribution is 7.21. The molecule has 100 valence electrons. The molecule has 0 aliphatic rings. The van der Waals surface area contributed by atoms with Gasteiger partial charge in [-0.2, -0.15) is 0 Å². The van der Waals surface area contributed by atoms with Gasteiger partial charge in [-0.1, -0.05) is 18.2 Å². The van der Waals surface area contributed by atoms with Crippen LogP contribution in [0.4, 0.5) is 0 Å². The van der Waals surface area contributed by atoms with Crippen LogP contribution in [0.3, 0.4) is 0 Å². The van der Waals surface area contributed by atoms with Crippen molar-refractivity contribution < 1.29 is 14.6 Å². The zero-order chi connectivity index (χ0) is 14.1. The third-order valence-electron chi connectivity index (χ3n) is 2.77. The fraction of sp³-hybridized carbons (Fsp3) is 0.0667. The van der Waals surface area contributed by atoms with Crippen molar-refractivity contribution in [1.82, 2.24) is 4.98 Å². The first-order valence-corrected chi connectivity index (χ1v) is 6.83. The van der Waals surface area contributed by atoms with E-state index in [4.69, 9.17) is 4.74 Å². The minimum atomic E-state index is -0.432. The average molecular weight is 285 g/mol. The Labute approximate surface area is 119 Å². The number of nitrogens with zero attached hydrogens (tertiary/aromatic N) is 1. The molecular formula is C15H11NO3S. The number of aromatic hydroxyl groups is 1. The quantitative estimate of drug-likeness (QED) is 0.577. The van der Waals surface area contributed by atoms with Gasteiger partial charge in [-0.25, -0.2) is 4.98 Å². The van der Waals surface area contributed by atoms with Crippen LogP contribution in [0, 0.1) is 0 Å². The second-order valence-electron chi connectivity index (χ2n) is 4.23. The van der Waals surface area contributed by atoms with Gasteiger partial charge in [-0.3, -0.25) is 4.79 Å². The lowest BCUT2D eigenvalue weighted by molar-refractivity contribution is -0.131. The summed E-state index contributed by atoms with van der Waals surface area (Å²) in [5.41, 5.74) is 1.30. The molecule has 0 atom stereocenters. The van der Waals surface area contributed by atoms with E-state index in [0.29, 0.717) is 16.3 Å². The molecule has 5 heteroatoms. The fourth-order valence-electron chi connectivity index (χ4n) is 1.95. The van der Waals surface area contributed by atoms with E-state index in [-0.39, 0.29) is 5.75 Å². The number of carbonyl (C=O) groups excluding carboxylic acids is 1. The van der Waals surface area contributed by atoms with Crippen LogP contribution in [0.1, 0.15) is 6.92 Å². The minimum absolute atomic E-state index is 0.0443. The van der Waals surface area contributed by atoms with Gasteiger partial charge in [0.1, 0.15) is 16.5 Å². The Kier molecular flexibility index (Phi) is 3.12. The van der Waals surface area contributed by atoms with Crippen LogP contribution in [-0.4, -0.2) is 16.1 Å². The third kappa shape index (κ3) is 2.23.